The molecule has 0 aliphatic rings. The highest BCUT2D eigenvalue weighted by atomic mass is 79.9. The topological polar surface area (TPSA) is 59.8 Å². The standard InChI is InChI=1S/C23H32BrN3O3Si/c1-26(10-11-28)22-19(24)14-25-23-21(22)18(17-8-6-7-9-20(17)29-2)15-27(23)16-30-12-13-31(3,4)5/h6-9,14-15,28H,10-13,16H2,1-5H3. The lowest BCUT2D eigenvalue weighted by Gasteiger charge is -2.21. The van der Waals surface area contributed by atoms with Crippen molar-refractivity contribution in [2.45, 2.75) is 32.4 Å². The Labute approximate surface area is 193 Å². The highest BCUT2D eigenvalue weighted by Crippen LogP contribution is 2.42. The van der Waals surface area contributed by atoms with E-state index >= 15 is 0 Å². The molecule has 6 nitrogen and oxygen atoms in total. The number of ether oxygens (including phenoxy) is 2. The van der Waals surface area contributed by atoms with Crippen LogP contribution in [0.15, 0.2) is 41.1 Å². The van der Waals surface area contributed by atoms with Crippen molar-refractivity contribution in [1.82, 2.24) is 9.55 Å². The number of anilines is 1. The first kappa shape index (κ1) is 23.8. The normalized spacial score (nSPS) is 11.8. The second-order valence-corrected chi connectivity index (χ2v) is 15.3. The zero-order chi connectivity index (χ0) is 22.6. The highest BCUT2D eigenvalue weighted by Gasteiger charge is 2.22. The van der Waals surface area contributed by atoms with Crippen LogP contribution in [-0.4, -0.2) is 56.6 Å². The number of hydrogen-bond acceptors (Lipinski definition) is 5. The van der Waals surface area contributed by atoms with Crippen molar-refractivity contribution in [3.8, 4) is 16.9 Å². The summed E-state index contributed by atoms with van der Waals surface area (Å²) >= 11 is 3.67. The molecule has 31 heavy (non-hydrogen) atoms. The van der Waals surface area contributed by atoms with Crippen LogP contribution in [0.25, 0.3) is 22.2 Å². The summed E-state index contributed by atoms with van der Waals surface area (Å²) in [6.45, 7) is 8.82. The molecule has 0 spiro atoms. The molecular weight excluding hydrogens is 474 g/mol. The number of methoxy groups -OCH3 is 1. The minimum absolute atomic E-state index is 0.0667. The maximum atomic E-state index is 9.53. The van der Waals surface area contributed by atoms with Crippen LogP contribution in [0.1, 0.15) is 0 Å². The van der Waals surface area contributed by atoms with E-state index in [1.165, 1.54) is 0 Å². The van der Waals surface area contributed by atoms with Crippen LogP contribution < -0.4 is 9.64 Å². The zero-order valence-electron chi connectivity index (χ0n) is 19.0. The van der Waals surface area contributed by atoms with E-state index in [1.807, 2.05) is 36.3 Å². The number of aliphatic hydroxyl groups excluding tert-OH is 1. The molecule has 0 saturated carbocycles. The lowest BCUT2D eigenvalue weighted by molar-refractivity contribution is 0.0899. The minimum Gasteiger partial charge on any atom is -0.496 e. The SMILES string of the molecule is COc1ccccc1-c1cn(COCC[Si](C)(C)C)c2ncc(Br)c(N(C)CCO)c12. The van der Waals surface area contributed by atoms with Crippen molar-refractivity contribution in [2.24, 2.45) is 0 Å². The van der Waals surface area contributed by atoms with Crippen molar-refractivity contribution in [3.63, 3.8) is 0 Å². The molecule has 1 aromatic carbocycles. The molecule has 0 unspecified atom stereocenters. The maximum Gasteiger partial charge on any atom is 0.144 e. The van der Waals surface area contributed by atoms with Gasteiger partial charge in [-0.05, 0) is 28.0 Å². The zero-order valence-corrected chi connectivity index (χ0v) is 21.6. The average Bonchev–Trinajstić information content (AvgIpc) is 3.08. The predicted octanol–water partition coefficient (Wildman–Crippen LogP) is 5.22. The second kappa shape index (κ2) is 10.2. The van der Waals surface area contributed by atoms with E-state index in [2.05, 4.69) is 52.4 Å². The van der Waals surface area contributed by atoms with Crippen molar-refractivity contribution >= 4 is 40.7 Å². The molecule has 0 fully saturated rings. The molecule has 8 heteroatoms. The van der Waals surface area contributed by atoms with E-state index < -0.39 is 8.07 Å². The van der Waals surface area contributed by atoms with Gasteiger partial charge >= 0.3 is 0 Å². The van der Waals surface area contributed by atoms with Gasteiger partial charge in [0.15, 0.2) is 0 Å². The van der Waals surface area contributed by atoms with Crippen molar-refractivity contribution in [2.75, 3.05) is 38.8 Å². The Kier molecular flexibility index (Phi) is 7.80. The molecule has 3 aromatic rings. The van der Waals surface area contributed by atoms with Crippen LogP contribution in [0, 0.1) is 0 Å². The molecule has 0 radical (unpaired) electrons. The molecule has 0 aliphatic heterocycles. The summed E-state index contributed by atoms with van der Waals surface area (Å²) in [6.07, 6.45) is 3.91. The smallest absolute Gasteiger partial charge is 0.144 e. The third-order valence-electron chi connectivity index (χ3n) is 5.25. The van der Waals surface area contributed by atoms with Gasteiger partial charge in [0.25, 0.3) is 0 Å². The number of nitrogens with zero attached hydrogens (tertiary/aromatic N) is 3. The number of fused-ring (bicyclic) bond motifs is 1. The summed E-state index contributed by atoms with van der Waals surface area (Å²) in [5.74, 6) is 0.803. The molecule has 0 saturated heterocycles. The van der Waals surface area contributed by atoms with Crippen molar-refractivity contribution in [3.05, 3.63) is 41.1 Å². The number of benzene rings is 1. The minimum atomic E-state index is -1.15. The molecule has 0 aliphatic carbocycles. The number of pyridine rings is 1. The predicted molar refractivity (Wildman–Crippen MR) is 134 cm³/mol. The second-order valence-electron chi connectivity index (χ2n) is 8.86. The molecule has 1 N–H and O–H groups in total. The van der Waals surface area contributed by atoms with E-state index in [4.69, 9.17) is 14.5 Å². The van der Waals surface area contributed by atoms with Crippen LogP contribution >= 0.6 is 15.9 Å². The van der Waals surface area contributed by atoms with E-state index in [9.17, 15) is 5.11 Å². The monoisotopic (exact) mass is 505 g/mol. The Morgan fingerprint density at radius 2 is 1.94 bits per heavy atom. The molecule has 2 heterocycles. The van der Waals surface area contributed by atoms with Gasteiger partial charge in [0.2, 0.25) is 0 Å². The first-order chi connectivity index (χ1) is 14.8. The molecular formula is C23H32BrN3O3Si. The van der Waals surface area contributed by atoms with Gasteiger partial charge in [-0.1, -0.05) is 37.8 Å². The lowest BCUT2D eigenvalue weighted by atomic mass is 10.0. The number of likely N-dealkylation sites (N-methyl/N-ethyl adjacent to an activating group) is 1. The lowest BCUT2D eigenvalue weighted by Crippen LogP contribution is -2.22. The van der Waals surface area contributed by atoms with E-state index in [-0.39, 0.29) is 6.61 Å². The number of hydrogen-bond donors (Lipinski definition) is 1. The van der Waals surface area contributed by atoms with E-state index in [0.717, 1.165) is 50.7 Å². The Bertz CT molecular complexity index is 1030. The third-order valence-corrected chi connectivity index (χ3v) is 7.54. The largest absolute Gasteiger partial charge is 0.496 e. The van der Waals surface area contributed by atoms with Gasteiger partial charge in [0, 0.05) is 51.8 Å². The van der Waals surface area contributed by atoms with Crippen LogP contribution in [0.4, 0.5) is 5.69 Å². The number of halogens is 1. The van der Waals surface area contributed by atoms with Crippen molar-refractivity contribution in [1.29, 1.82) is 0 Å². The fraction of sp³-hybridized carbons (Fsp3) is 0.435. The van der Waals surface area contributed by atoms with E-state index in [0.29, 0.717) is 13.3 Å². The van der Waals surface area contributed by atoms with Gasteiger partial charge in [-0.25, -0.2) is 4.98 Å². The summed E-state index contributed by atoms with van der Waals surface area (Å²) in [7, 11) is 2.51. The van der Waals surface area contributed by atoms with Crippen LogP contribution in [0.2, 0.25) is 25.7 Å². The Morgan fingerprint density at radius 3 is 2.61 bits per heavy atom. The molecule has 168 valence electrons. The first-order valence-corrected chi connectivity index (χ1v) is 15.0. The summed E-state index contributed by atoms with van der Waals surface area (Å²) in [4.78, 5) is 6.77. The molecule has 0 bridgehead atoms. The summed E-state index contributed by atoms with van der Waals surface area (Å²) in [5.41, 5.74) is 3.85. The Hall–Kier alpha value is -1.87. The van der Waals surface area contributed by atoms with Gasteiger partial charge in [0.1, 0.15) is 18.1 Å². The number of rotatable bonds is 10. The average molecular weight is 507 g/mol. The fourth-order valence-electron chi connectivity index (χ4n) is 3.56. The van der Waals surface area contributed by atoms with E-state index in [1.54, 1.807) is 7.11 Å². The quantitative estimate of drug-likeness (QED) is 0.302. The Balaban J connectivity index is 2.13. The summed E-state index contributed by atoms with van der Waals surface area (Å²) < 4.78 is 14.6. The van der Waals surface area contributed by atoms with Crippen LogP contribution in [-0.2, 0) is 11.5 Å². The van der Waals surface area contributed by atoms with Gasteiger partial charge in [-0.2, -0.15) is 0 Å². The summed E-state index contributed by atoms with van der Waals surface area (Å²) in [5, 5.41) is 10.5. The fourth-order valence-corrected chi connectivity index (χ4v) is 4.92. The molecule has 0 atom stereocenters. The summed E-state index contributed by atoms with van der Waals surface area (Å²) in [6, 6.07) is 9.11. The Morgan fingerprint density at radius 1 is 1.19 bits per heavy atom. The number of aliphatic hydroxyl groups is 1. The van der Waals surface area contributed by atoms with Gasteiger partial charge in [-0.15, -0.1) is 0 Å². The maximum absolute atomic E-state index is 9.53. The first-order valence-electron chi connectivity index (χ1n) is 10.5. The molecule has 2 aromatic heterocycles. The molecule has 3 rings (SSSR count). The van der Waals surface area contributed by atoms with Crippen LogP contribution in [0.5, 0.6) is 5.75 Å². The van der Waals surface area contributed by atoms with Gasteiger partial charge in [-0.3, -0.25) is 0 Å². The number of aromatic nitrogens is 2. The van der Waals surface area contributed by atoms with Gasteiger partial charge < -0.3 is 24.0 Å². The molecule has 0 amide bonds. The van der Waals surface area contributed by atoms with Crippen LogP contribution in [0.3, 0.4) is 0 Å². The third kappa shape index (κ3) is 5.49. The van der Waals surface area contributed by atoms with Gasteiger partial charge in [0.05, 0.1) is 29.3 Å². The van der Waals surface area contributed by atoms with Crippen molar-refractivity contribution < 1.29 is 14.6 Å². The number of para-hydroxylation sites is 1. The highest BCUT2D eigenvalue weighted by molar-refractivity contribution is 9.10.